The van der Waals surface area contributed by atoms with Crippen LogP contribution in [0.25, 0.3) is 0 Å². The standard InChI is InChI=1S/2C7H5NO4.Fe.Na.H/c2*9-6(10)4-2-1-3-5(8-4)7(11)12;;;/h2*1-3H,(H,9,10)(H,11,12);;;. The van der Waals surface area contributed by atoms with Crippen LogP contribution < -0.4 is 0 Å². The van der Waals surface area contributed by atoms with Crippen LogP contribution in [0.5, 0.6) is 0 Å². The molecule has 2 rings (SSSR count). The minimum atomic E-state index is -1.24. The maximum absolute atomic E-state index is 10.3. The molecule has 0 spiro atoms. The van der Waals surface area contributed by atoms with E-state index in [1.807, 2.05) is 0 Å². The molecule has 10 nitrogen and oxygen atoms in total. The Bertz CT molecular complexity index is 689. The molecule has 0 aliphatic rings. The van der Waals surface area contributed by atoms with Gasteiger partial charge in [0, 0.05) is 17.1 Å². The Balaban J connectivity index is 0. The summed E-state index contributed by atoms with van der Waals surface area (Å²) in [6.45, 7) is 0. The zero-order chi connectivity index (χ0) is 18.3. The van der Waals surface area contributed by atoms with Crippen molar-refractivity contribution >= 4 is 53.4 Å². The van der Waals surface area contributed by atoms with Crippen LogP contribution in [0.3, 0.4) is 0 Å². The Kier molecular flexibility index (Phi) is 12.1. The van der Waals surface area contributed by atoms with Crippen molar-refractivity contribution in [3.63, 3.8) is 0 Å². The SMILES string of the molecule is O=C(O)c1cccc(C(=O)O)n1.O=C(O)c1cccc(C(=O)O)n1.[Fe].[NaH]. The van der Waals surface area contributed by atoms with Crippen LogP contribution in [0.4, 0.5) is 0 Å². The summed E-state index contributed by atoms with van der Waals surface area (Å²) < 4.78 is 0. The summed E-state index contributed by atoms with van der Waals surface area (Å²) in [7, 11) is 0. The van der Waals surface area contributed by atoms with Gasteiger partial charge in [-0.2, -0.15) is 0 Å². The quantitative estimate of drug-likeness (QED) is 0.510. The number of pyridine rings is 2. The summed E-state index contributed by atoms with van der Waals surface area (Å²) in [5.41, 5.74) is -1.07. The fourth-order valence-corrected chi connectivity index (χ4v) is 1.35. The van der Waals surface area contributed by atoms with Crippen molar-refractivity contribution in [2.24, 2.45) is 0 Å². The van der Waals surface area contributed by atoms with E-state index in [9.17, 15) is 19.2 Å². The number of hydrogen-bond donors (Lipinski definition) is 4. The fourth-order valence-electron chi connectivity index (χ4n) is 1.35. The summed E-state index contributed by atoms with van der Waals surface area (Å²) >= 11 is 0. The van der Waals surface area contributed by atoms with Crippen molar-refractivity contribution < 1.29 is 56.7 Å². The van der Waals surface area contributed by atoms with Gasteiger partial charge in [-0.3, -0.25) is 0 Å². The van der Waals surface area contributed by atoms with Gasteiger partial charge in [0.2, 0.25) is 0 Å². The topological polar surface area (TPSA) is 175 Å². The number of aromatic nitrogens is 2. The number of hydrogen-bond acceptors (Lipinski definition) is 6. The van der Waals surface area contributed by atoms with E-state index in [1.54, 1.807) is 0 Å². The first-order chi connectivity index (χ1) is 11.2. The van der Waals surface area contributed by atoms with Gasteiger partial charge in [0.15, 0.2) is 0 Å². The van der Waals surface area contributed by atoms with E-state index in [0.717, 1.165) is 0 Å². The zero-order valence-corrected chi connectivity index (χ0v) is 13.2. The van der Waals surface area contributed by atoms with Crippen molar-refractivity contribution in [2.45, 2.75) is 0 Å². The van der Waals surface area contributed by atoms with Gasteiger partial charge in [-0.15, -0.1) is 0 Å². The second-order valence-corrected chi connectivity index (χ2v) is 4.04. The molecule has 2 aromatic rings. The number of nitrogens with zero attached hydrogens (tertiary/aromatic N) is 2. The minimum absolute atomic E-state index is 0. The molecule has 2 aromatic heterocycles. The number of aromatic carboxylic acids is 4. The fraction of sp³-hybridized carbons (Fsp3) is 0. The Morgan fingerprint density at radius 3 is 0.923 bits per heavy atom. The van der Waals surface area contributed by atoms with Gasteiger partial charge in [0.1, 0.15) is 22.8 Å². The van der Waals surface area contributed by atoms with E-state index in [-0.39, 0.29) is 69.4 Å². The van der Waals surface area contributed by atoms with E-state index < -0.39 is 23.9 Å². The molecule has 0 atom stereocenters. The predicted octanol–water partition coefficient (Wildman–Crippen LogP) is 0.305. The molecule has 0 aliphatic heterocycles. The molecule has 134 valence electrons. The van der Waals surface area contributed by atoms with Gasteiger partial charge < -0.3 is 20.4 Å². The molecule has 4 N–H and O–H groups in total. The number of carboxylic acids is 4. The van der Waals surface area contributed by atoms with Gasteiger partial charge in [0.25, 0.3) is 0 Å². The summed E-state index contributed by atoms with van der Waals surface area (Å²) in [5, 5.41) is 33.7. The van der Waals surface area contributed by atoms with Gasteiger partial charge in [-0.05, 0) is 24.3 Å². The van der Waals surface area contributed by atoms with E-state index >= 15 is 0 Å². The molecular formula is C14H11FeN2NaO8. The van der Waals surface area contributed by atoms with E-state index in [2.05, 4.69) is 9.97 Å². The first-order valence-electron chi connectivity index (χ1n) is 6.09. The molecule has 0 aliphatic carbocycles. The van der Waals surface area contributed by atoms with Crippen molar-refractivity contribution in [3.8, 4) is 0 Å². The molecule has 0 unspecified atom stereocenters. The molecule has 0 radical (unpaired) electrons. The molecule has 0 bridgehead atoms. The van der Waals surface area contributed by atoms with Crippen molar-refractivity contribution in [1.82, 2.24) is 9.97 Å². The average molecular weight is 414 g/mol. The summed E-state index contributed by atoms with van der Waals surface area (Å²) in [5.74, 6) is -4.95. The van der Waals surface area contributed by atoms with Gasteiger partial charge in [-0.25, -0.2) is 29.1 Å². The van der Waals surface area contributed by atoms with E-state index in [0.29, 0.717) is 0 Å². The molecule has 2 heterocycles. The number of carboxylic acid groups (broad SMARTS) is 4. The normalized spacial score (nSPS) is 8.62. The Morgan fingerprint density at radius 2 is 0.769 bits per heavy atom. The van der Waals surface area contributed by atoms with Crippen LogP contribution in [-0.2, 0) is 17.1 Å². The first kappa shape index (κ1) is 25.9. The van der Waals surface area contributed by atoms with Gasteiger partial charge in [0.05, 0.1) is 0 Å². The Hall–Kier alpha value is -2.30. The summed E-state index contributed by atoms with van der Waals surface area (Å²) in [4.78, 5) is 48.0. The van der Waals surface area contributed by atoms with Crippen molar-refractivity contribution in [3.05, 3.63) is 59.2 Å². The first-order valence-corrected chi connectivity index (χ1v) is 6.09. The van der Waals surface area contributed by atoms with Crippen LogP contribution in [0.2, 0.25) is 0 Å². The molecule has 0 saturated heterocycles. The third kappa shape index (κ3) is 8.19. The second-order valence-electron chi connectivity index (χ2n) is 4.04. The third-order valence-electron chi connectivity index (χ3n) is 2.37. The Labute approximate surface area is 178 Å². The molecule has 26 heavy (non-hydrogen) atoms. The Morgan fingerprint density at radius 1 is 0.577 bits per heavy atom. The van der Waals surface area contributed by atoms with Crippen molar-refractivity contribution in [1.29, 1.82) is 0 Å². The molecule has 0 saturated carbocycles. The summed E-state index contributed by atoms with van der Waals surface area (Å²) in [6, 6.07) is 7.59. The van der Waals surface area contributed by atoms with Crippen LogP contribution in [0.1, 0.15) is 42.0 Å². The number of rotatable bonds is 4. The van der Waals surface area contributed by atoms with E-state index in [1.165, 1.54) is 36.4 Å². The van der Waals surface area contributed by atoms with Crippen LogP contribution in [-0.4, -0.2) is 83.8 Å². The maximum atomic E-state index is 10.3. The molecular weight excluding hydrogens is 403 g/mol. The molecule has 0 aromatic carbocycles. The van der Waals surface area contributed by atoms with Crippen LogP contribution in [0, 0.1) is 0 Å². The van der Waals surface area contributed by atoms with Crippen LogP contribution >= 0.6 is 0 Å². The van der Waals surface area contributed by atoms with Gasteiger partial charge >= 0.3 is 53.4 Å². The van der Waals surface area contributed by atoms with E-state index in [4.69, 9.17) is 20.4 Å². The third-order valence-corrected chi connectivity index (χ3v) is 2.37. The van der Waals surface area contributed by atoms with Gasteiger partial charge in [-0.1, -0.05) is 12.1 Å². The average Bonchev–Trinajstić information content (AvgIpc) is 2.55. The molecule has 0 amide bonds. The second kappa shape index (κ2) is 12.1. The van der Waals surface area contributed by atoms with Crippen molar-refractivity contribution in [2.75, 3.05) is 0 Å². The van der Waals surface area contributed by atoms with Crippen LogP contribution in [0.15, 0.2) is 36.4 Å². The number of carbonyl (C=O) groups is 4. The predicted molar refractivity (Wildman–Crippen MR) is 83.5 cm³/mol. The molecule has 0 fully saturated rings. The summed E-state index contributed by atoms with van der Waals surface area (Å²) in [6.07, 6.45) is 0. The monoisotopic (exact) mass is 414 g/mol. The molecule has 12 heteroatoms. The zero-order valence-electron chi connectivity index (χ0n) is 12.1.